The predicted molar refractivity (Wildman–Crippen MR) is 104 cm³/mol. The van der Waals surface area contributed by atoms with Gasteiger partial charge < -0.3 is 15.4 Å². The fourth-order valence-corrected chi connectivity index (χ4v) is 5.36. The van der Waals surface area contributed by atoms with Crippen molar-refractivity contribution in [1.29, 1.82) is 0 Å². The summed E-state index contributed by atoms with van der Waals surface area (Å²) in [7, 11) is -1.18. The number of hydrogen-bond donors (Lipinski definition) is 2. The summed E-state index contributed by atoms with van der Waals surface area (Å²) < 4.78 is 29.2. The van der Waals surface area contributed by atoms with Crippen LogP contribution in [0.5, 0.6) is 0 Å². The van der Waals surface area contributed by atoms with Crippen LogP contribution in [0.4, 0.5) is 0 Å². The first kappa shape index (κ1) is 19.2. The first-order valence-electron chi connectivity index (χ1n) is 9.44. The summed E-state index contributed by atoms with van der Waals surface area (Å²) in [6, 6.07) is 8.52. The van der Waals surface area contributed by atoms with Gasteiger partial charge >= 0.3 is 0 Å². The predicted octanol–water partition coefficient (Wildman–Crippen LogP) is 1.82. The molecule has 0 aromatic heterocycles. The van der Waals surface area contributed by atoms with Crippen molar-refractivity contribution >= 4 is 15.8 Å². The molecule has 2 unspecified atom stereocenters. The maximum absolute atomic E-state index is 11.5. The van der Waals surface area contributed by atoms with Crippen molar-refractivity contribution in [2.45, 2.75) is 44.2 Å². The molecular formula is C19H29N3O3S. The van der Waals surface area contributed by atoms with Crippen molar-refractivity contribution in [2.75, 3.05) is 31.7 Å². The van der Waals surface area contributed by atoms with Crippen LogP contribution < -0.4 is 10.6 Å². The fraction of sp³-hybridized carbons (Fsp3) is 0.632. The number of guanidine groups is 1. The molecule has 0 radical (unpaired) electrons. The van der Waals surface area contributed by atoms with Crippen LogP contribution in [-0.4, -0.2) is 52.1 Å². The van der Waals surface area contributed by atoms with Crippen molar-refractivity contribution in [3.8, 4) is 0 Å². The molecule has 144 valence electrons. The molecule has 26 heavy (non-hydrogen) atoms. The van der Waals surface area contributed by atoms with Crippen molar-refractivity contribution in [3.05, 3.63) is 35.4 Å². The highest BCUT2D eigenvalue weighted by atomic mass is 32.2. The number of rotatable bonds is 6. The van der Waals surface area contributed by atoms with Gasteiger partial charge in [-0.1, -0.05) is 24.3 Å². The molecule has 7 heteroatoms. The molecule has 1 aromatic carbocycles. The molecule has 0 saturated carbocycles. The van der Waals surface area contributed by atoms with Gasteiger partial charge in [0.05, 0.1) is 17.6 Å². The van der Waals surface area contributed by atoms with E-state index in [1.54, 1.807) is 7.05 Å². The molecule has 0 spiro atoms. The summed E-state index contributed by atoms with van der Waals surface area (Å²) in [5, 5.41) is 6.44. The van der Waals surface area contributed by atoms with Gasteiger partial charge in [0, 0.05) is 26.2 Å². The van der Waals surface area contributed by atoms with Crippen LogP contribution >= 0.6 is 0 Å². The smallest absolute Gasteiger partial charge is 0.191 e. The maximum atomic E-state index is 11.5. The minimum Gasteiger partial charge on any atom is -0.373 e. The van der Waals surface area contributed by atoms with E-state index in [1.807, 2.05) is 0 Å². The molecule has 1 aliphatic carbocycles. The number of sulfone groups is 1. The quantitative estimate of drug-likeness (QED) is 0.448. The topological polar surface area (TPSA) is 79.8 Å². The second-order valence-electron chi connectivity index (χ2n) is 7.05. The zero-order valence-electron chi connectivity index (χ0n) is 15.4. The second-order valence-corrected chi connectivity index (χ2v) is 9.28. The normalized spacial score (nSPS) is 24.9. The van der Waals surface area contributed by atoms with Gasteiger partial charge in [-0.3, -0.25) is 4.99 Å². The third-order valence-electron chi connectivity index (χ3n) is 5.04. The minimum absolute atomic E-state index is 0.0406. The monoisotopic (exact) mass is 379 g/mol. The van der Waals surface area contributed by atoms with Gasteiger partial charge in [0.25, 0.3) is 0 Å². The molecule has 1 aromatic rings. The van der Waals surface area contributed by atoms with Crippen molar-refractivity contribution in [2.24, 2.45) is 4.99 Å². The number of benzene rings is 1. The van der Waals surface area contributed by atoms with Gasteiger partial charge in [-0.2, -0.15) is 0 Å². The van der Waals surface area contributed by atoms with Gasteiger partial charge in [0.1, 0.15) is 0 Å². The first-order valence-corrected chi connectivity index (χ1v) is 11.3. The first-order chi connectivity index (χ1) is 12.6. The summed E-state index contributed by atoms with van der Waals surface area (Å²) in [4.78, 5) is 4.18. The van der Waals surface area contributed by atoms with Crippen molar-refractivity contribution in [3.63, 3.8) is 0 Å². The van der Waals surface area contributed by atoms with Gasteiger partial charge in [-0.15, -0.1) is 0 Å². The van der Waals surface area contributed by atoms with Gasteiger partial charge in [-0.05, 0) is 43.2 Å². The highest BCUT2D eigenvalue weighted by molar-refractivity contribution is 7.91. The zero-order valence-corrected chi connectivity index (χ0v) is 16.2. The molecule has 2 atom stereocenters. The Bertz CT molecular complexity index is 733. The number of aryl methyl sites for hydroxylation is 1. The maximum Gasteiger partial charge on any atom is 0.191 e. The molecule has 6 nitrogen and oxygen atoms in total. The Morgan fingerprint density at radius 2 is 2.15 bits per heavy atom. The van der Waals surface area contributed by atoms with Crippen LogP contribution in [0.3, 0.4) is 0 Å². The fourth-order valence-electron chi connectivity index (χ4n) is 3.68. The van der Waals surface area contributed by atoms with Crippen LogP contribution in [0.25, 0.3) is 0 Å². The van der Waals surface area contributed by atoms with E-state index in [-0.39, 0.29) is 23.7 Å². The zero-order chi connectivity index (χ0) is 18.4. The highest BCUT2D eigenvalue weighted by Gasteiger charge is 2.28. The number of aliphatic imine (C=N–C) groups is 1. The second kappa shape index (κ2) is 8.86. The van der Waals surface area contributed by atoms with Crippen molar-refractivity contribution < 1.29 is 13.2 Å². The molecule has 1 heterocycles. The Labute approximate surface area is 156 Å². The average Bonchev–Trinajstić information content (AvgIpc) is 2.99. The molecule has 2 N–H and O–H groups in total. The van der Waals surface area contributed by atoms with Gasteiger partial charge in [-0.25, -0.2) is 8.42 Å². The Hall–Kier alpha value is -1.60. The molecular weight excluding hydrogens is 350 g/mol. The average molecular weight is 380 g/mol. The Morgan fingerprint density at radius 3 is 2.92 bits per heavy atom. The third-order valence-corrected chi connectivity index (χ3v) is 6.81. The summed E-state index contributed by atoms with van der Waals surface area (Å²) in [6.45, 7) is 1.44. The summed E-state index contributed by atoms with van der Waals surface area (Å²) in [5.74, 6) is 1.12. The van der Waals surface area contributed by atoms with Crippen LogP contribution in [0.2, 0.25) is 0 Å². The lowest BCUT2D eigenvalue weighted by atomic mass is 9.89. The van der Waals surface area contributed by atoms with E-state index in [0.717, 1.165) is 25.8 Å². The van der Waals surface area contributed by atoms with E-state index in [2.05, 4.69) is 39.9 Å². The lowest BCUT2D eigenvalue weighted by Crippen LogP contribution is -2.44. The lowest BCUT2D eigenvalue weighted by molar-refractivity contribution is 0.0398. The molecule has 0 bridgehead atoms. The van der Waals surface area contributed by atoms with Crippen LogP contribution in [0.1, 0.15) is 42.9 Å². The Morgan fingerprint density at radius 1 is 1.31 bits per heavy atom. The van der Waals surface area contributed by atoms with Gasteiger partial charge in [0.15, 0.2) is 15.8 Å². The number of ether oxygens (including phenoxy) is 1. The SMILES string of the molecule is CN=C(NCCCOC1CCCc2ccccc21)NC1CCS(=O)(=O)C1. The van der Waals surface area contributed by atoms with E-state index >= 15 is 0 Å². The highest BCUT2D eigenvalue weighted by Crippen LogP contribution is 2.32. The minimum atomic E-state index is -2.88. The Kier molecular flexibility index (Phi) is 6.53. The lowest BCUT2D eigenvalue weighted by Gasteiger charge is -2.25. The molecule has 0 amide bonds. The molecule has 1 fully saturated rings. The summed E-state index contributed by atoms with van der Waals surface area (Å²) in [5.41, 5.74) is 2.75. The largest absolute Gasteiger partial charge is 0.373 e. The van der Waals surface area contributed by atoms with E-state index in [9.17, 15) is 8.42 Å². The number of nitrogens with zero attached hydrogens (tertiary/aromatic N) is 1. The number of fused-ring (bicyclic) bond motifs is 1. The Balaban J connectivity index is 1.36. The van der Waals surface area contributed by atoms with E-state index in [1.165, 1.54) is 17.5 Å². The molecule has 1 aliphatic heterocycles. The summed E-state index contributed by atoms with van der Waals surface area (Å²) >= 11 is 0. The number of hydrogen-bond acceptors (Lipinski definition) is 4. The van der Waals surface area contributed by atoms with Crippen LogP contribution in [0.15, 0.2) is 29.3 Å². The van der Waals surface area contributed by atoms with Crippen LogP contribution in [-0.2, 0) is 21.0 Å². The van der Waals surface area contributed by atoms with E-state index < -0.39 is 9.84 Å². The van der Waals surface area contributed by atoms with Crippen molar-refractivity contribution in [1.82, 2.24) is 10.6 Å². The molecule has 1 saturated heterocycles. The van der Waals surface area contributed by atoms with E-state index in [4.69, 9.17) is 4.74 Å². The van der Waals surface area contributed by atoms with Crippen LogP contribution in [0, 0.1) is 0 Å². The standard InChI is InChI=1S/C19H29N3O3S/c1-20-19(22-16-10-13-26(23,24)14-16)21-11-5-12-25-18-9-4-7-15-6-2-3-8-17(15)18/h2-3,6,8,16,18H,4-5,7,9-14H2,1H3,(H2,20,21,22). The van der Waals surface area contributed by atoms with E-state index in [0.29, 0.717) is 19.0 Å². The molecule has 2 aliphatic rings. The third kappa shape index (κ3) is 5.20. The molecule has 3 rings (SSSR count). The van der Waals surface area contributed by atoms with Gasteiger partial charge in [0.2, 0.25) is 0 Å². The summed E-state index contributed by atoms with van der Waals surface area (Å²) in [6.07, 6.45) is 5.15. The number of nitrogens with one attached hydrogen (secondary N) is 2.